The summed E-state index contributed by atoms with van der Waals surface area (Å²) in [5.74, 6) is 1.26. The van der Waals surface area contributed by atoms with Crippen molar-refractivity contribution in [3.63, 3.8) is 0 Å². The minimum Gasteiger partial charge on any atom is -0.459 e. The van der Waals surface area contributed by atoms with E-state index in [0.29, 0.717) is 10.9 Å². The molecular formula is C15H20ClNO2. The first-order valence-corrected chi connectivity index (χ1v) is 6.83. The fourth-order valence-corrected chi connectivity index (χ4v) is 2.63. The third-order valence-corrected chi connectivity index (χ3v) is 3.61. The number of hydrogen-bond acceptors (Lipinski definition) is 3. The van der Waals surface area contributed by atoms with Gasteiger partial charge in [-0.05, 0) is 37.2 Å². The highest BCUT2D eigenvalue weighted by atomic mass is 35.5. The number of rotatable bonds is 5. The molecule has 104 valence electrons. The van der Waals surface area contributed by atoms with Gasteiger partial charge in [0.1, 0.15) is 11.3 Å². The Morgan fingerprint density at radius 2 is 2.00 bits per heavy atom. The van der Waals surface area contributed by atoms with Crippen molar-refractivity contribution >= 4 is 22.6 Å². The van der Waals surface area contributed by atoms with Crippen LogP contribution in [-0.2, 0) is 4.74 Å². The molecule has 3 nitrogen and oxygen atoms in total. The van der Waals surface area contributed by atoms with Crippen LogP contribution in [0.2, 0.25) is 5.02 Å². The van der Waals surface area contributed by atoms with Crippen molar-refractivity contribution < 1.29 is 9.15 Å². The third kappa shape index (κ3) is 2.94. The van der Waals surface area contributed by atoms with Gasteiger partial charge in [-0.3, -0.25) is 0 Å². The highest BCUT2D eigenvalue weighted by Crippen LogP contribution is 2.30. The second-order valence-corrected chi connectivity index (χ2v) is 5.48. The van der Waals surface area contributed by atoms with E-state index in [1.54, 1.807) is 7.11 Å². The number of halogens is 1. The molecule has 0 aliphatic rings. The molecule has 2 unspecified atom stereocenters. The van der Waals surface area contributed by atoms with Crippen molar-refractivity contribution in [2.75, 3.05) is 14.2 Å². The lowest BCUT2D eigenvalue weighted by atomic mass is 9.97. The lowest BCUT2D eigenvalue weighted by Gasteiger charge is -2.27. The first-order chi connectivity index (χ1) is 9.06. The van der Waals surface area contributed by atoms with E-state index >= 15 is 0 Å². The van der Waals surface area contributed by atoms with Crippen LogP contribution in [0, 0.1) is 5.92 Å². The second-order valence-electron chi connectivity index (χ2n) is 5.04. The van der Waals surface area contributed by atoms with Crippen LogP contribution in [0.15, 0.2) is 28.7 Å². The van der Waals surface area contributed by atoms with E-state index in [2.05, 4.69) is 19.2 Å². The molecule has 4 heteroatoms. The second kappa shape index (κ2) is 5.95. The standard InChI is InChI=1S/C15H20ClNO2/c1-9(2)15(18-4)14(17-3)13-8-10-7-11(16)5-6-12(10)19-13/h5-9,14-15,17H,1-4H3. The Morgan fingerprint density at radius 3 is 2.58 bits per heavy atom. The maximum Gasteiger partial charge on any atom is 0.134 e. The van der Waals surface area contributed by atoms with E-state index in [-0.39, 0.29) is 12.1 Å². The topological polar surface area (TPSA) is 34.4 Å². The molecule has 1 aromatic carbocycles. The number of furan rings is 1. The van der Waals surface area contributed by atoms with Gasteiger partial charge in [0.05, 0.1) is 12.1 Å². The van der Waals surface area contributed by atoms with Gasteiger partial charge in [0, 0.05) is 17.5 Å². The van der Waals surface area contributed by atoms with Crippen LogP contribution in [0.5, 0.6) is 0 Å². The SMILES string of the molecule is CNC(c1cc2cc(Cl)ccc2o1)C(OC)C(C)C. The minimum atomic E-state index is 0.0242. The molecule has 0 aliphatic carbocycles. The van der Waals surface area contributed by atoms with Gasteiger partial charge in [-0.15, -0.1) is 0 Å². The van der Waals surface area contributed by atoms with Crippen molar-refractivity contribution in [3.8, 4) is 0 Å². The van der Waals surface area contributed by atoms with E-state index in [1.165, 1.54) is 0 Å². The number of methoxy groups -OCH3 is 1. The molecule has 0 saturated carbocycles. The van der Waals surface area contributed by atoms with Gasteiger partial charge in [-0.1, -0.05) is 25.4 Å². The summed E-state index contributed by atoms with van der Waals surface area (Å²) < 4.78 is 11.5. The Kier molecular flexibility index (Phi) is 4.50. The monoisotopic (exact) mass is 281 g/mol. The zero-order valence-corrected chi connectivity index (χ0v) is 12.5. The highest BCUT2D eigenvalue weighted by Gasteiger charge is 2.27. The number of likely N-dealkylation sites (N-methyl/N-ethyl adjacent to an activating group) is 1. The predicted octanol–water partition coefficient (Wildman–Crippen LogP) is 4.02. The number of fused-ring (bicyclic) bond motifs is 1. The fourth-order valence-electron chi connectivity index (χ4n) is 2.45. The molecule has 2 aromatic rings. The molecule has 0 bridgehead atoms. The Balaban J connectivity index is 2.40. The summed E-state index contributed by atoms with van der Waals surface area (Å²) in [6, 6.07) is 7.69. The molecule has 2 atom stereocenters. The van der Waals surface area contributed by atoms with E-state index in [4.69, 9.17) is 20.8 Å². The van der Waals surface area contributed by atoms with Gasteiger partial charge < -0.3 is 14.5 Å². The van der Waals surface area contributed by atoms with Crippen molar-refractivity contribution in [2.45, 2.75) is 26.0 Å². The molecule has 1 heterocycles. The Bertz CT molecular complexity index is 550. The van der Waals surface area contributed by atoms with Crippen LogP contribution in [0.3, 0.4) is 0 Å². The Morgan fingerprint density at radius 1 is 1.26 bits per heavy atom. The maximum atomic E-state index is 6.00. The molecule has 1 aromatic heterocycles. The van der Waals surface area contributed by atoms with Gasteiger partial charge in [-0.2, -0.15) is 0 Å². The van der Waals surface area contributed by atoms with Crippen LogP contribution >= 0.6 is 11.6 Å². The highest BCUT2D eigenvalue weighted by molar-refractivity contribution is 6.31. The fraction of sp³-hybridized carbons (Fsp3) is 0.467. The molecular weight excluding hydrogens is 262 g/mol. The minimum absolute atomic E-state index is 0.0242. The third-order valence-electron chi connectivity index (χ3n) is 3.37. The molecule has 0 spiro atoms. The number of nitrogens with one attached hydrogen (secondary N) is 1. The quantitative estimate of drug-likeness (QED) is 0.899. The van der Waals surface area contributed by atoms with Gasteiger partial charge in [0.25, 0.3) is 0 Å². The summed E-state index contributed by atoms with van der Waals surface area (Å²) >= 11 is 6.00. The smallest absolute Gasteiger partial charge is 0.134 e. The average molecular weight is 282 g/mol. The van der Waals surface area contributed by atoms with Crippen molar-refractivity contribution in [1.82, 2.24) is 5.32 Å². The van der Waals surface area contributed by atoms with Crippen LogP contribution in [0.25, 0.3) is 11.0 Å². The zero-order chi connectivity index (χ0) is 14.0. The van der Waals surface area contributed by atoms with Crippen molar-refractivity contribution in [3.05, 3.63) is 35.0 Å². The molecule has 19 heavy (non-hydrogen) atoms. The van der Waals surface area contributed by atoms with E-state index < -0.39 is 0 Å². The Labute approximate surface area is 118 Å². The molecule has 0 aliphatic heterocycles. The van der Waals surface area contributed by atoms with Crippen LogP contribution in [-0.4, -0.2) is 20.3 Å². The van der Waals surface area contributed by atoms with Crippen molar-refractivity contribution in [1.29, 1.82) is 0 Å². The summed E-state index contributed by atoms with van der Waals surface area (Å²) in [5.41, 5.74) is 0.846. The molecule has 0 radical (unpaired) electrons. The molecule has 2 rings (SSSR count). The number of hydrogen-bond donors (Lipinski definition) is 1. The van der Waals surface area contributed by atoms with Gasteiger partial charge in [0.15, 0.2) is 0 Å². The Hall–Kier alpha value is -1.03. The largest absolute Gasteiger partial charge is 0.459 e. The summed E-state index contributed by atoms with van der Waals surface area (Å²) in [4.78, 5) is 0. The molecule has 0 fully saturated rings. The van der Waals surface area contributed by atoms with E-state index in [0.717, 1.165) is 16.7 Å². The summed E-state index contributed by atoms with van der Waals surface area (Å²) in [6.45, 7) is 4.27. The normalized spacial score (nSPS) is 15.1. The van der Waals surface area contributed by atoms with Gasteiger partial charge in [0.2, 0.25) is 0 Å². The van der Waals surface area contributed by atoms with Crippen LogP contribution in [0.4, 0.5) is 0 Å². The first kappa shape index (κ1) is 14.4. The average Bonchev–Trinajstić information content (AvgIpc) is 2.77. The van der Waals surface area contributed by atoms with Gasteiger partial charge in [-0.25, -0.2) is 0 Å². The molecule has 0 amide bonds. The van der Waals surface area contributed by atoms with Crippen molar-refractivity contribution in [2.24, 2.45) is 5.92 Å². The van der Waals surface area contributed by atoms with E-state index in [9.17, 15) is 0 Å². The van der Waals surface area contributed by atoms with Crippen LogP contribution < -0.4 is 5.32 Å². The molecule has 1 N–H and O–H groups in total. The maximum absolute atomic E-state index is 6.00. The first-order valence-electron chi connectivity index (χ1n) is 6.46. The lowest BCUT2D eigenvalue weighted by molar-refractivity contribution is 0.0292. The number of benzene rings is 1. The summed E-state index contributed by atoms with van der Waals surface area (Å²) in [6.07, 6.45) is 0.0565. The zero-order valence-electron chi connectivity index (χ0n) is 11.7. The molecule has 0 saturated heterocycles. The van der Waals surface area contributed by atoms with Gasteiger partial charge >= 0.3 is 0 Å². The van der Waals surface area contributed by atoms with Crippen LogP contribution in [0.1, 0.15) is 25.6 Å². The summed E-state index contributed by atoms with van der Waals surface area (Å²) in [5, 5.41) is 5.01. The number of ether oxygens (including phenoxy) is 1. The lowest BCUT2D eigenvalue weighted by Crippen LogP contribution is -2.34. The predicted molar refractivity (Wildman–Crippen MR) is 78.7 cm³/mol. The van der Waals surface area contributed by atoms with E-state index in [1.807, 2.05) is 31.3 Å². The summed E-state index contributed by atoms with van der Waals surface area (Å²) in [7, 11) is 3.65.